The first kappa shape index (κ1) is 12.5. The number of nitrogens with zero attached hydrogens (tertiary/aromatic N) is 2. The number of hydrogen-bond acceptors (Lipinski definition) is 3. The van der Waals surface area contributed by atoms with Gasteiger partial charge in [0.2, 0.25) is 5.91 Å². The van der Waals surface area contributed by atoms with Crippen molar-refractivity contribution in [1.82, 2.24) is 9.88 Å². The Kier molecular flexibility index (Phi) is 3.42. The molecule has 3 nitrogen and oxygen atoms in total. The van der Waals surface area contributed by atoms with Crippen molar-refractivity contribution < 1.29 is 4.79 Å². The quantitative estimate of drug-likeness (QED) is 0.871. The zero-order valence-electron chi connectivity index (χ0n) is 10.6. The smallest absolute Gasteiger partial charge is 0.223 e. The molecule has 1 atom stereocenters. The number of carbonyl (C=O) groups excluding carboxylic acids is 1. The van der Waals surface area contributed by atoms with E-state index in [2.05, 4.69) is 29.7 Å². The zero-order valence-corrected chi connectivity index (χ0v) is 11.5. The number of likely N-dealkylation sites (tertiary alicyclic amines) is 1. The van der Waals surface area contributed by atoms with Crippen molar-refractivity contribution in [2.75, 3.05) is 12.3 Å². The Hall–Kier alpha value is -1.55. The third-order valence-corrected chi connectivity index (χ3v) is 4.17. The lowest BCUT2D eigenvalue weighted by Gasteiger charge is -2.17. The summed E-state index contributed by atoms with van der Waals surface area (Å²) in [5, 5.41) is 1.13. The highest BCUT2D eigenvalue weighted by Crippen LogP contribution is 2.24. The van der Waals surface area contributed by atoms with Crippen LogP contribution in [-0.4, -0.2) is 28.1 Å². The summed E-state index contributed by atoms with van der Waals surface area (Å²) < 4.78 is 0. The van der Waals surface area contributed by atoms with Crippen LogP contribution in [0.2, 0.25) is 0 Å². The van der Waals surface area contributed by atoms with E-state index in [0.29, 0.717) is 18.9 Å². The summed E-state index contributed by atoms with van der Waals surface area (Å²) in [6.45, 7) is 1.49. The number of carbonyl (C=O) groups is 1. The number of hydrogen-bond donors (Lipinski definition) is 1. The normalized spacial score (nSPS) is 19.3. The molecule has 0 radical (unpaired) electrons. The molecule has 19 heavy (non-hydrogen) atoms. The molecule has 0 aliphatic carbocycles. The van der Waals surface area contributed by atoms with Crippen molar-refractivity contribution in [2.45, 2.75) is 13.0 Å². The fourth-order valence-corrected chi connectivity index (χ4v) is 2.88. The Labute approximate surface area is 118 Å². The van der Waals surface area contributed by atoms with Crippen molar-refractivity contribution in [1.29, 1.82) is 0 Å². The summed E-state index contributed by atoms with van der Waals surface area (Å²) in [6.07, 6.45) is 2.43. The lowest BCUT2D eigenvalue weighted by molar-refractivity contribution is -0.128. The maximum Gasteiger partial charge on any atom is 0.223 e. The number of rotatable bonds is 3. The number of benzene rings is 1. The summed E-state index contributed by atoms with van der Waals surface area (Å²) in [5.74, 6) is 1.41. The predicted molar refractivity (Wildman–Crippen MR) is 79.1 cm³/mol. The predicted octanol–water partition coefficient (Wildman–Crippen LogP) is 2.51. The first-order valence-corrected chi connectivity index (χ1v) is 7.12. The summed E-state index contributed by atoms with van der Waals surface area (Å²) in [7, 11) is 0. The molecule has 0 bridgehead atoms. The molecule has 1 aliphatic heterocycles. The molecule has 1 fully saturated rings. The topological polar surface area (TPSA) is 33.2 Å². The van der Waals surface area contributed by atoms with E-state index >= 15 is 0 Å². The Morgan fingerprint density at radius 1 is 1.32 bits per heavy atom. The van der Waals surface area contributed by atoms with E-state index in [1.807, 2.05) is 23.1 Å². The third kappa shape index (κ3) is 2.45. The molecule has 2 heterocycles. The minimum atomic E-state index is 0.236. The van der Waals surface area contributed by atoms with Gasteiger partial charge in [0.15, 0.2) is 0 Å². The largest absolute Gasteiger partial charge is 0.338 e. The molecule has 4 heteroatoms. The van der Waals surface area contributed by atoms with Crippen LogP contribution in [0, 0.1) is 5.92 Å². The van der Waals surface area contributed by atoms with Crippen LogP contribution >= 0.6 is 12.6 Å². The van der Waals surface area contributed by atoms with Crippen LogP contribution in [0.3, 0.4) is 0 Å². The van der Waals surface area contributed by atoms with Gasteiger partial charge >= 0.3 is 0 Å². The van der Waals surface area contributed by atoms with Gasteiger partial charge in [0.1, 0.15) is 0 Å². The average molecular weight is 272 g/mol. The molecule has 0 N–H and O–H groups in total. The third-order valence-electron chi connectivity index (χ3n) is 3.65. The highest BCUT2D eigenvalue weighted by Gasteiger charge is 2.28. The standard InChI is InChI=1S/C15H16N2OS/c18-15-7-11(10-19)8-17(15)9-12-3-1-5-14-13(12)4-2-6-16-14/h1-6,11,19H,7-10H2. The highest BCUT2D eigenvalue weighted by molar-refractivity contribution is 7.80. The van der Waals surface area contributed by atoms with Gasteiger partial charge < -0.3 is 4.90 Å². The SMILES string of the molecule is O=C1CC(CS)CN1Cc1cccc2ncccc12. The van der Waals surface area contributed by atoms with Crippen LogP contribution < -0.4 is 0 Å². The van der Waals surface area contributed by atoms with E-state index in [1.54, 1.807) is 6.20 Å². The van der Waals surface area contributed by atoms with Crippen molar-refractivity contribution in [3.05, 3.63) is 42.1 Å². The maximum atomic E-state index is 12.0. The number of fused-ring (bicyclic) bond motifs is 1. The van der Waals surface area contributed by atoms with Gasteiger partial charge in [0.25, 0.3) is 0 Å². The van der Waals surface area contributed by atoms with Crippen LogP contribution in [0.15, 0.2) is 36.5 Å². The van der Waals surface area contributed by atoms with Crippen LogP contribution in [-0.2, 0) is 11.3 Å². The van der Waals surface area contributed by atoms with Crippen molar-refractivity contribution in [3.63, 3.8) is 0 Å². The Morgan fingerprint density at radius 2 is 2.21 bits per heavy atom. The fourth-order valence-electron chi connectivity index (χ4n) is 2.64. The molecule has 1 unspecified atom stereocenters. The van der Waals surface area contributed by atoms with Gasteiger partial charge in [-0.15, -0.1) is 0 Å². The molecule has 1 aliphatic rings. The number of pyridine rings is 1. The van der Waals surface area contributed by atoms with E-state index in [1.165, 1.54) is 5.56 Å². The zero-order chi connectivity index (χ0) is 13.2. The van der Waals surface area contributed by atoms with E-state index < -0.39 is 0 Å². The number of aromatic nitrogens is 1. The molecule has 0 spiro atoms. The van der Waals surface area contributed by atoms with Gasteiger partial charge in [-0.05, 0) is 29.4 Å². The second kappa shape index (κ2) is 5.21. The fraction of sp³-hybridized carbons (Fsp3) is 0.333. The molecular weight excluding hydrogens is 256 g/mol. The minimum absolute atomic E-state index is 0.236. The maximum absolute atomic E-state index is 12.0. The molecule has 1 aromatic carbocycles. The van der Waals surface area contributed by atoms with Crippen LogP contribution in [0.5, 0.6) is 0 Å². The summed E-state index contributed by atoms with van der Waals surface area (Å²) in [6, 6.07) is 10.1. The molecule has 1 saturated heterocycles. The monoisotopic (exact) mass is 272 g/mol. The summed E-state index contributed by atoms with van der Waals surface area (Å²) in [5.41, 5.74) is 2.15. The molecule has 1 aromatic heterocycles. The number of amides is 1. The van der Waals surface area contributed by atoms with Gasteiger partial charge in [-0.3, -0.25) is 9.78 Å². The van der Waals surface area contributed by atoms with Crippen molar-refractivity contribution in [3.8, 4) is 0 Å². The first-order valence-electron chi connectivity index (χ1n) is 6.49. The number of thiol groups is 1. The van der Waals surface area contributed by atoms with Gasteiger partial charge in [-0.25, -0.2) is 0 Å². The molecule has 2 aromatic rings. The van der Waals surface area contributed by atoms with E-state index in [9.17, 15) is 4.79 Å². The Morgan fingerprint density at radius 3 is 3.00 bits per heavy atom. The lowest BCUT2D eigenvalue weighted by Crippen LogP contribution is -2.24. The molecule has 0 saturated carbocycles. The molecule has 1 amide bonds. The second-order valence-corrected chi connectivity index (χ2v) is 5.38. The van der Waals surface area contributed by atoms with Gasteiger partial charge in [0, 0.05) is 31.1 Å². The first-order chi connectivity index (χ1) is 9.28. The van der Waals surface area contributed by atoms with Crippen LogP contribution in [0.1, 0.15) is 12.0 Å². The highest BCUT2D eigenvalue weighted by atomic mass is 32.1. The van der Waals surface area contributed by atoms with E-state index in [0.717, 1.165) is 23.2 Å². The summed E-state index contributed by atoms with van der Waals surface area (Å²) >= 11 is 4.29. The lowest BCUT2D eigenvalue weighted by atomic mass is 10.1. The Balaban J connectivity index is 1.88. The van der Waals surface area contributed by atoms with E-state index in [-0.39, 0.29) is 5.91 Å². The molecule has 3 rings (SSSR count). The second-order valence-electron chi connectivity index (χ2n) is 5.01. The summed E-state index contributed by atoms with van der Waals surface area (Å²) in [4.78, 5) is 18.2. The van der Waals surface area contributed by atoms with Crippen molar-refractivity contribution >= 4 is 29.4 Å². The van der Waals surface area contributed by atoms with Crippen LogP contribution in [0.25, 0.3) is 10.9 Å². The van der Waals surface area contributed by atoms with Crippen molar-refractivity contribution in [2.24, 2.45) is 5.92 Å². The van der Waals surface area contributed by atoms with Gasteiger partial charge in [0.05, 0.1) is 5.52 Å². The minimum Gasteiger partial charge on any atom is -0.338 e. The Bertz CT molecular complexity index is 609. The van der Waals surface area contributed by atoms with E-state index in [4.69, 9.17) is 0 Å². The van der Waals surface area contributed by atoms with Gasteiger partial charge in [-0.1, -0.05) is 18.2 Å². The molecule has 98 valence electrons. The molecular formula is C15H16N2OS. The average Bonchev–Trinajstić information content (AvgIpc) is 2.80. The van der Waals surface area contributed by atoms with Gasteiger partial charge in [-0.2, -0.15) is 12.6 Å². The van der Waals surface area contributed by atoms with Crippen LogP contribution in [0.4, 0.5) is 0 Å².